The first kappa shape index (κ1) is 23.8. The first-order valence-electron chi connectivity index (χ1n) is 11.7. The normalized spacial score (nSPS) is 14.8. The number of hydrogen-bond acceptors (Lipinski definition) is 5. The second-order valence-electron chi connectivity index (χ2n) is 9.02. The van der Waals surface area contributed by atoms with Crippen molar-refractivity contribution >= 4 is 22.8 Å². The Morgan fingerprint density at radius 2 is 1.72 bits per heavy atom. The Morgan fingerprint density at radius 1 is 1.03 bits per heavy atom. The van der Waals surface area contributed by atoms with Crippen LogP contribution in [0.3, 0.4) is 0 Å². The van der Waals surface area contributed by atoms with Crippen LogP contribution >= 0.6 is 0 Å². The minimum atomic E-state index is -4.37. The maximum absolute atomic E-state index is 12.7. The molecule has 0 radical (unpaired) electrons. The maximum Gasteiger partial charge on any atom is 0.416 e. The zero-order valence-corrected chi connectivity index (χ0v) is 19.7. The fourth-order valence-electron chi connectivity index (χ4n) is 4.41. The van der Waals surface area contributed by atoms with E-state index >= 15 is 0 Å². The highest BCUT2D eigenvalue weighted by Crippen LogP contribution is 2.30. The highest BCUT2D eigenvalue weighted by Gasteiger charge is 2.30. The molecule has 0 aliphatic carbocycles. The van der Waals surface area contributed by atoms with Crippen molar-refractivity contribution in [2.75, 3.05) is 18.0 Å². The molecule has 0 unspecified atom stereocenters. The van der Waals surface area contributed by atoms with Crippen molar-refractivity contribution in [1.29, 1.82) is 0 Å². The summed E-state index contributed by atoms with van der Waals surface area (Å²) in [6.45, 7) is 3.54. The summed E-state index contributed by atoms with van der Waals surface area (Å²) in [5, 5.41) is 8.30. The Morgan fingerprint density at radius 3 is 2.39 bits per heavy atom. The van der Waals surface area contributed by atoms with E-state index in [9.17, 15) is 18.0 Å². The summed E-state index contributed by atoms with van der Waals surface area (Å²) >= 11 is 0. The molecule has 2 aromatic carbocycles. The van der Waals surface area contributed by atoms with E-state index in [1.54, 1.807) is 4.68 Å². The fourth-order valence-corrected chi connectivity index (χ4v) is 4.41. The van der Waals surface area contributed by atoms with Crippen LogP contribution in [-0.2, 0) is 17.5 Å². The third-order valence-electron chi connectivity index (χ3n) is 6.51. The molecule has 3 heterocycles. The Bertz CT molecular complexity index is 1360. The van der Waals surface area contributed by atoms with Gasteiger partial charge in [-0.25, -0.2) is 14.6 Å². The third kappa shape index (κ3) is 5.02. The average Bonchev–Trinajstić information content (AvgIpc) is 3.32. The van der Waals surface area contributed by atoms with Crippen molar-refractivity contribution in [3.63, 3.8) is 0 Å². The number of nitrogens with zero attached hydrogens (tertiary/aromatic N) is 5. The highest BCUT2D eigenvalue weighted by atomic mass is 19.4. The van der Waals surface area contributed by atoms with Gasteiger partial charge in [0.15, 0.2) is 5.65 Å². The van der Waals surface area contributed by atoms with Gasteiger partial charge in [0.1, 0.15) is 12.1 Å². The Labute approximate surface area is 206 Å². The summed E-state index contributed by atoms with van der Waals surface area (Å²) in [5.41, 5.74) is 2.64. The molecular weight excluding hydrogens is 469 g/mol. The van der Waals surface area contributed by atoms with E-state index in [1.807, 2.05) is 37.4 Å². The zero-order chi connectivity index (χ0) is 25.3. The van der Waals surface area contributed by atoms with Crippen LogP contribution in [0, 0.1) is 12.8 Å². The predicted octanol–water partition coefficient (Wildman–Crippen LogP) is 4.68. The molecule has 7 nitrogen and oxygen atoms in total. The monoisotopic (exact) mass is 494 g/mol. The number of halogens is 3. The minimum Gasteiger partial charge on any atom is -0.356 e. The predicted molar refractivity (Wildman–Crippen MR) is 130 cm³/mol. The van der Waals surface area contributed by atoms with E-state index < -0.39 is 11.7 Å². The molecule has 0 atom stereocenters. The number of fused-ring (bicyclic) bond motifs is 1. The molecule has 0 spiro atoms. The van der Waals surface area contributed by atoms with Gasteiger partial charge in [0.25, 0.3) is 0 Å². The summed E-state index contributed by atoms with van der Waals surface area (Å²) < 4.78 is 40.0. The molecule has 1 aliphatic rings. The number of aromatic nitrogens is 4. The topological polar surface area (TPSA) is 75.9 Å². The molecule has 1 saturated heterocycles. The molecule has 0 bridgehead atoms. The molecule has 186 valence electrons. The van der Waals surface area contributed by atoms with E-state index in [1.165, 1.54) is 24.0 Å². The van der Waals surface area contributed by atoms with Crippen molar-refractivity contribution in [2.24, 2.45) is 5.92 Å². The number of anilines is 1. The van der Waals surface area contributed by atoms with Gasteiger partial charge in [-0.2, -0.15) is 13.2 Å². The van der Waals surface area contributed by atoms with Gasteiger partial charge in [-0.3, -0.25) is 4.79 Å². The van der Waals surface area contributed by atoms with Crippen molar-refractivity contribution in [2.45, 2.75) is 32.5 Å². The van der Waals surface area contributed by atoms with Crippen molar-refractivity contribution < 1.29 is 18.0 Å². The van der Waals surface area contributed by atoms with Crippen molar-refractivity contribution in [3.05, 3.63) is 77.7 Å². The van der Waals surface area contributed by atoms with Gasteiger partial charge in [0.05, 0.1) is 16.6 Å². The summed E-state index contributed by atoms with van der Waals surface area (Å²) in [4.78, 5) is 23.7. The van der Waals surface area contributed by atoms with Gasteiger partial charge in [0.2, 0.25) is 5.91 Å². The number of nitrogens with one attached hydrogen (secondary N) is 1. The van der Waals surface area contributed by atoms with Crippen LogP contribution in [0.15, 0.2) is 61.1 Å². The number of aryl methyl sites for hydroxylation is 1. The molecule has 2 aromatic heterocycles. The minimum absolute atomic E-state index is 0.0884. The first-order valence-corrected chi connectivity index (χ1v) is 11.7. The SMILES string of the molecule is Cc1ccc(-n2cc3c(N4CCC(C(=O)NCc5ccc(C(F)(F)F)cc5)CC4)ncnc3n2)cc1. The molecule has 5 rings (SSSR count). The van der Waals surface area contributed by atoms with Gasteiger partial charge < -0.3 is 10.2 Å². The zero-order valence-electron chi connectivity index (χ0n) is 19.7. The van der Waals surface area contributed by atoms with Gasteiger partial charge in [-0.05, 0) is 49.6 Å². The lowest BCUT2D eigenvalue weighted by Gasteiger charge is -2.32. The summed E-state index contributed by atoms with van der Waals surface area (Å²) in [7, 11) is 0. The standard InChI is InChI=1S/C26H25F3N6O/c1-17-2-8-21(9-3-17)35-15-22-23(33-35)31-16-32-24(22)34-12-10-19(11-13-34)25(36)30-14-18-4-6-20(7-5-18)26(27,28)29/h2-9,15-16,19H,10-14H2,1H3,(H,30,36). The van der Waals surface area contributed by atoms with Crippen molar-refractivity contribution in [3.8, 4) is 5.69 Å². The number of carbonyl (C=O) groups excluding carboxylic acids is 1. The van der Waals surface area contributed by atoms with Crippen LogP contribution in [0.25, 0.3) is 16.7 Å². The second-order valence-corrected chi connectivity index (χ2v) is 9.02. The van der Waals surface area contributed by atoms with Crippen LogP contribution in [0.5, 0.6) is 0 Å². The van der Waals surface area contributed by atoms with Gasteiger partial charge in [-0.1, -0.05) is 29.8 Å². The Balaban J connectivity index is 1.21. The number of hydrogen-bond donors (Lipinski definition) is 1. The van der Waals surface area contributed by atoms with Crippen LogP contribution in [0.2, 0.25) is 0 Å². The van der Waals surface area contributed by atoms with E-state index in [0.29, 0.717) is 37.1 Å². The fraction of sp³-hybridized carbons (Fsp3) is 0.308. The van der Waals surface area contributed by atoms with E-state index in [4.69, 9.17) is 0 Å². The van der Waals surface area contributed by atoms with Crippen molar-refractivity contribution in [1.82, 2.24) is 25.1 Å². The Hall–Kier alpha value is -3.95. The number of alkyl halides is 3. The highest BCUT2D eigenvalue weighted by molar-refractivity contribution is 5.87. The molecule has 10 heteroatoms. The molecular formula is C26H25F3N6O. The second kappa shape index (κ2) is 9.60. The molecule has 0 saturated carbocycles. The van der Waals surface area contributed by atoms with Crippen LogP contribution in [0.4, 0.5) is 19.0 Å². The largest absolute Gasteiger partial charge is 0.416 e. The van der Waals surface area contributed by atoms with Gasteiger partial charge in [0, 0.05) is 31.7 Å². The smallest absolute Gasteiger partial charge is 0.356 e. The van der Waals surface area contributed by atoms with Crippen LogP contribution < -0.4 is 10.2 Å². The summed E-state index contributed by atoms with van der Waals surface area (Å²) in [5.74, 6) is 0.542. The van der Waals surface area contributed by atoms with E-state index in [0.717, 1.165) is 29.0 Å². The van der Waals surface area contributed by atoms with Gasteiger partial charge >= 0.3 is 6.18 Å². The van der Waals surface area contributed by atoms with E-state index in [2.05, 4.69) is 25.3 Å². The Kier molecular flexibility index (Phi) is 6.34. The number of amides is 1. The lowest BCUT2D eigenvalue weighted by molar-refractivity contribution is -0.137. The number of benzene rings is 2. The third-order valence-corrected chi connectivity index (χ3v) is 6.51. The van der Waals surface area contributed by atoms with Gasteiger partial charge in [-0.15, -0.1) is 5.10 Å². The quantitative estimate of drug-likeness (QED) is 0.436. The summed E-state index contributed by atoms with van der Waals surface area (Å²) in [6.07, 6.45) is 0.364. The van der Waals surface area contributed by atoms with Crippen LogP contribution in [0.1, 0.15) is 29.5 Å². The maximum atomic E-state index is 12.7. The lowest BCUT2D eigenvalue weighted by atomic mass is 9.95. The molecule has 1 amide bonds. The number of rotatable bonds is 5. The van der Waals surface area contributed by atoms with Crippen LogP contribution in [-0.4, -0.2) is 38.7 Å². The molecule has 1 N–H and O–H groups in total. The average molecular weight is 495 g/mol. The summed E-state index contributed by atoms with van der Waals surface area (Å²) in [6, 6.07) is 12.9. The molecule has 1 aliphatic heterocycles. The molecule has 4 aromatic rings. The molecule has 1 fully saturated rings. The lowest BCUT2D eigenvalue weighted by Crippen LogP contribution is -2.40. The number of piperidine rings is 1. The first-order chi connectivity index (χ1) is 17.3. The number of carbonyl (C=O) groups is 1. The molecule has 36 heavy (non-hydrogen) atoms. The van der Waals surface area contributed by atoms with E-state index in [-0.39, 0.29) is 18.4 Å².